The van der Waals surface area contributed by atoms with Crippen molar-refractivity contribution in [3.05, 3.63) is 16.1 Å². The maximum Gasteiger partial charge on any atom is 0.260 e. The highest BCUT2D eigenvalue weighted by Gasteiger charge is 2.19. The summed E-state index contributed by atoms with van der Waals surface area (Å²) in [4.78, 5) is 15.7. The topological polar surface area (TPSA) is 56.0 Å². The Morgan fingerprint density at radius 3 is 2.79 bits per heavy atom. The van der Waals surface area contributed by atoms with E-state index in [0.717, 1.165) is 5.01 Å². The second kappa shape index (κ2) is 4.31. The molecule has 1 saturated heterocycles. The molecule has 5 heteroatoms. The van der Waals surface area contributed by atoms with Crippen LogP contribution in [0.3, 0.4) is 0 Å². The highest BCUT2D eigenvalue weighted by Crippen LogP contribution is 2.33. The number of nitrogens with zero attached hydrogens (tertiary/aromatic N) is 1. The van der Waals surface area contributed by atoms with Crippen LogP contribution in [0, 0.1) is 0 Å². The van der Waals surface area contributed by atoms with Crippen molar-refractivity contribution in [2.24, 2.45) is 5.73 Å². The second-order valence-corrected chi connectivity index (χ2v) is 5.60. The molecule has 0 aliphatic carbocycles. The van der Waals surface area contributed by atoms with Gasteiger partial charge in [-0.25, -0.2) is 4.98 Å². The number of hydrogen-bond donors (Lipinski definition) is 1. The van der Waals surface area contributed by atoms with Crippen LogP contribution in [0.25, 0.3) is 0 Å². The molecule has 2 N–H and O–H groups in total. The lowest BCUT2D eigenvalue weighted by molar-refractivity contribution is 0.100. The van der Waals surface area contributed by atoms with Gasteiger partial charge in [0.1, 0.15) is 4.88 Å². The third kappa shape index (κ3) is 2.09. The molecule has 2 heterocycles. The zero-order valence-electron chi connectivity index (χ0n) is 7.73. The first-order valence-corrected chi connectivity index (χ1v) is 6.58. The summed E-state index contributed by atoms with van der Waals surface area (Å²) >= 11 is 3.44. The van der Waals surface area contributed by atoms with Crippen molar-refractivity contribution in [2.75, 3.05) is 11.5 Å². The molecule has 2 rings (SSSR count). The third-order valence-electron chi connectivity index (χ3n) is 2.34. The molecule has 1 amide bonds. The molecule has 1 aliphatic rings. The number of rotatable bonds is 2. The lowest BCUT2D eigenvalue weighted by atomic mass is 10.0. The van der Waals surface area contributed by atoms with Crippen LogP contribution in [0.5, 0.6) is 0 Å². The molecular weight excluding hydrogens is 216 g/mol. The average Bonchev–Trinajstić information content (AvgIpc) is 2.68. The smallest absolute Gasteiger partial charge is 0.260 e. The van der Waals surface area contributed by atoms with Crippen molar-refractivity contribution >= 4 is 29.0 Å². The Balaban J connectivity index is 2.11. The lowest BCUT2D eigenvalue weighted by Crippen LogP contribution is -2.08. The Kier molecular flexibility index (Phi) is 3.08. The molecule has 0 saturated carbocycles. The van der Waals surface area contributed by atoms with Gasteiger partial charge in [0.05, 0.1) is 11.2 Å². The average molecular weight is 228 g/mol. The molecule has 76 valence electrons. The Morgan fingerprint density at radius 2 is 2.21 bits per heavy atom. The van der Waals surface area contributed by atoms with Gasteiger partial charge in [0, 0.05) is 5.92 Å². The van der Waals surface area contributed by atoms with E-state index in [1.54, 1.807) is 6.20 Å². The minimum absolute atomic E-state index is 0.362. The summed E-state index contributed by atoms with van der Waals surface area (Å²) in [5.41, 5.74) is 5.18. The largest absolute Gasteiger partial charge is 0.365 e. The summed E-state index contributed by atoms with van der Waals surface area (Å²) in [6.45, 7) is 0. The molecule has 1 aromatic rings. The number of thioether (sulfide) groups is 1. The fourth-order valence-corrected chi connectivity index (χ4v) is 3.58. The van der Waals surface area contributed by atoms with Gasteiger partial charge >= 0.3 is 0 Å². The van der Waals surface area contributed by atoms with Crippen LogP contribution in [-0.4, -0.2) is 22.4 Å². The van der Waals surface area contributed by atoms with Gasteiger partial charge in [0.2, 0.25) is 0 Å². The van der Waals surface area contributed by atoms with Crippen LogP contribution < -0.4 is 5.73 Å². The normalized spacial score (nSPS) is 18.3. The molecular formula is C9H12N2OS2. The molecule has 0 bridgehead atoms. The molecule has 1 aromatic heterocycles. The second-order valence-electron chi connectivity index (χ2n) is 3.31. The van der Waals surface area contributed by atoms with Crippen LogP contribution in [0.15, 0.2) is 6.20 Å². The first-order chi connectivity index (χ1) is 6.77. The minimum atomic E-state index is -0.362. The number of nitrogens with two attached hydrogens (primary N) is 1. The zero-order valence-corrected chi connectivity index (χ0v) is 9.37. The molecule has 1 fully saturated rings. The molecule has 0 radical (unpaired) electrons. The van der Waals surface area contributed by atoms with Crippen molar-refractivity contribution in [1.29, 1.82) is 0 Å². The number of thiazole rings is 1. The van der Waals surface area contributed by atoms with Gasteiger partial charge in [-0.2, -0.15) is 11.8 Å². The van der Waals surface area contributed by atoms with E-state index < -0.39 is 0 Å². The van der Waals surface area contributed by atoms with Gasteiger partial charge in [-0.3, -0.25) is 4.79 Å². The van der Waals surface area contributed by atoms with Gasteiger partial charge < -0.3 is 5.73 Å². The van der Waals surface area contributed by atoms with Crippen LogP contribution >= 0.6 is 23.1 Å². The Bertz CT molecular complexity index is 331. The predicted molar refractivity (Wildman–Crippen MR) is 59.9 cm³/mol. The quantitative estimate of drug-likeness (QED) is 0.840. The van der Waals surface area contributed by atoms with Crippen molar-refractivity contribution < 1.29 is 4.79 Å². The summed E-state index contributed by atoms with van der Waals surface area (Å²) in [7, 11) is 0. The van der Waals surface area contributed by atoms with E-state index >= 15 is 0 Å². The van der Waals surface area contributed by atoms with Gasteiger partial charge in [-0.15, -0.1) is 11.3 Å². The Hall–Kier alpha value is -0.550. The Labute approximate surface area is 91.1 Å². The molecule has 0 spiro atoms. The summed E-state index contributed by atoms with van der Waals surface area (Å²) in [6, 6.07) is 0. The van der Waals surface area contributed by atoms with Crippen LogP contribution in [0.2, 0.25) is 0 Å². The van der Waals surface area contributed by atoms with Crippen LogP contribution in [0.1, 0.15) is 33.4 Å². The van der Waals surface area contributed by atoms with E-state index in [1.165, 1.54) is 35.7 Å². The summed E-state index contributed by atoms with van der Waals surface area (Å²) in [5.74, 6) is 2.60. The molecule has 0 atom stereocenters. The van der Waals surface area contributed by atoms with E-state index in [2.05, 4.69) is 4.98 Å². The fraction of sp³-hybridized carbons (Fsp3) is 0.556. The van der Waals surface area contributed by atoms with Crippen molar-refractivity contribution in [3.63, 3.8) is 0 Å². The maximum absolute atomic E-state index is 10.9. The molecule has 3 nitrogen and oxygen atoms in total. The summed E-state index contributed by atoms with van der Waals surface area (Å²) < 4.78 is 0. The minimum Gasteiger partial charge on any atom is -0.365 e. The molecule has 0 unspecified atom stereocenters. The lowest BCUT2D eigenvalue weighted by Gasteiger charge is -2.18. The summed E-state index contributed by atoms with van der Waals surface area (Å²) in [5, 5.41) is 1.08. The first-order valence-electron chi connectivity index (χ1n) is 4.60. The Morgan fingerprint density at radius 1 is 1.50 bits per heavy atom. The standard InChI is InChI=1S/C9H12N2OS2/c10-8(12)7-5-11-9(14-7)6-1-3-13-4-2-6/h5-6H,1-4H2,(H2,10,12). The van der Waals surface area contributed by atoms with Crippen molar-refractivity contribution in [2.45, 2.75) is 18.8 Å². The highest BCUT2D eigenvalue weighted by molar-refractivity contribution is 7.99. The maximum atomic E-state index is 10.9. The highest BCUT2D eigenvalue weighted by atomic mass is 32.2. The van der Waals surface area contributed by atoms with Gasteiger partial charge in [-0.1, -0.05) is 0 Å². The van der Waals surface area contributed by atoms with Crippen molar-refractivity contribution in [3.8, 4) is 0 Å². The SMILES string of the molecule is NC(=O)c1cnc(C2CCSCC2)s1. The van der Waals surface area contributed by atoms with E-state index in [9.17, 15) is 4.79 Å². The van der Waals surface area contributed by atoms with Gasteiger partial charge in [-0.05, 0) is 24.3 Å². The third-order valence-corrected chi connectivity index (χ3v) is 4.56. The molecule has 0 aromatic carbocycles. The molecule has 14 heavy (non-hydrogen) atoms. The number of carbonyl (C=O) groups is 1. The predicted octanol–water partition coefficient (Wildman–Crippen LogP) is 1.85. The van der Waals surface area contributed by atoms with Gasteiger partial charge in [0.25, 0.3) is 5.91 Å². The number of carbonyl (C=O) groups excluding carboxylic acids is 1. The van der Waals surface area contributed by atoms with Crippen LogP contribution in [-0.2, 0) is 0 Å². The van der Waals surface area contributed by atoms with E-state index in [-0.39, 0.29) is 5.91 Å². The number of primary amides is 1. The monoisotopic (exact) mass is 228 g/mol. The van der Waals surface area contributed by atoms with E-state index in [0.29, 0.717) is 10.8 Å². The van der Waals surface area contributed by atoms with Gasteiger partial charge in [0.15, 0.2) is 0 Å². The zero-order chi connectivity index (χ0) is 9.97. The van der Waals surface area contributed by atoms with E-state index in [1.807, 2.05) is 11.8 Å². The van der Waals surface area contributed by atoms with Crippen LogP contribution in [0.4, 0.5) is 0 Å². The number of amides is 1. The molecule has 1 aliphatic heterocycles. The van der Waals surface area contributed by atoms with Crippen molar-refractivity contribution in [1.82, 2.24) is 4.98 Å². The first kappa shape index (κ1) is 9.98. The number of aromatic nitrogens is 1. The fourth-order valence-electron chi connectivity index (χ4n) is 1.53. The number of hydrogen-bond acceptors (Lipinski definition) is 4. The van der Waals surface area contributed by atoms with E-state index in [4.69, 9.17) is 5.73 Å². The summed E-state index contributed by atoms with van der Waals surface area (Å²) in [6.07, 6.45) is 3.96.